The van der Waals surface area contributed by atoms with Crippen molar-refractivity contribution in [2.75, 3.05) is 13.2 Å². The van der Waals surface area contributed by atoms with E-state index in [0.29, 0.717) is 25.3 Å². The van der Waals surface area contributed by atoms with Gasteiger partial charge in [0.2, 0.25) is 0 Å². The monoisotopic (exact) mass is 352 g/mol. The van der Waals surface area contributed by atoms with E-state index in [2.05, 4.69) is 11.4 Å². The summed E-state index contributed by atoms with van der Waals surface area (Å²) in [6.07, 6.45) is 4.06. The molecule has 5 nitrogen and oxygen atoms in total. The van der Waals surface area contributed by atoms with E-state index in [0.717, 1.165) is 48.3 Å². The molecule has 0 bridgehead atoms. The van der Waals surface area contributed by atoms with E-state index in [1.54, 1.807) is 0 Å². The first-order valence-corrected chi connectivity index (χ1v) is 9.22. The van der Waals surface area contributed by atoms with Gasteiger partial charge in [-0.2, -0.15) is 0 Å². The normalized spacial score (nSPS) is 17.7. The van der Waals surface area contributed by atoms with Crippen molar-refractivity contribution in [1.29, 1.82) is 0 Å². The van der Waals surface area contributed by atoms with Crippen LogP contribution in [0.1, 0.15) is 47.2 Å². The molecule has 0 saturated heterocycles. The average molecular weight is 352 g/mol. The Balaban J connectivity index is 1.61. The molecule has 1 heterocycles. The van der Waals surface area contributed by atoms with Crippen LogP contribution in [0.4, 0.5) is 0 Å². The number of hydrogen-bond donors (Lipinski definition) is 2. The molecule has 2 aromatic rings. The first-order valence-electron chi connectivity index (χ1n) is 9.22. The third kappa shape index (κ3) is 3.15. The van der Waals surface area contributed by atoms with Gasteiger partial charge in [-0.25, -0.2) is 0 Å². The fourth-order valence-corrected chi connectivity index (χ4v) is 3.89. The van der Waals surface area contributed by atoms with Crippen molar-refractivity contribution in [2.24, 2.45) is 5.73 Å². The summed E-state index contributed by atoms with van der Waals surface area (Å²) in [7, 11) is 0. The fraction of sp³-hybridized carbons (Fsp3) is 0.381. The molecule has 2 aliphatic rings. The molecule has 2 aromatic carbocycles. The van der Waals surface area contributed by atoms with Crippen LogP contribution < -0.4 is 20.5 Å². The molecule has 4 rings (SSSR count). The summed E-state index contributed by atoms with van der Waals surface area (Å²) in [6, 6.07) is 13.5. The second-order valence-corrected chi connectivity index (χ2v) is 7.00. The van der Waals surface area contributed by atoms with E-state index in [9.17, 15) is 4.79 Å². The zero-order valence-electron chi connectivity index (χ0n) is 14.8. The molecule has 1 fully saturated rings. The number of carbonyl (C=O) groups is 1. The molecular formula is C21H24N2O3. The van der Waals surface area contributed by atoms with Crippen LogP contribution in [0.2, 0.25) is 0 Å². The highest BCUT2D eigenvalue weighted by Crippen LogP contribution is 2.42. The van der Waals surface area contributed by atoms with E-state index >= 15 is 0 Å². The predicted molar refractivity (Wildman–Crippen MR) is 99.4 cm³/mol. The molecule has 1 aliphatic heterocycles. The third-order valence-corrected chi connectivity index (χ3v) is 5.36. The van der Waals surface area contributed by atoms with E-state index in [1.807, 2.05) is 36.4 Å². The van der Waals surface area contributed by atoms with Gasteiger partial charge in [-0.15, -0.1) is 0 Å². The van der Waals surface area contributed by atoms with Gasteiger partial charge in [-0.05, 0) is 48.2 Å². The number of nitrogens with two attached hydrogens (primary N) is 1. The molecular weight excluding hydrogens is 328 g/mol. The number of amides is 1. The van der Waals surface area contributed by atoms with Crippen molar-refractivity contribution in [3.05, 3.63) is 59.2 Å². The van der Waals surface area contributed by atoms with E-state index in [-0.39, 0.29) is 11.4 Å². The van der Waals surface area contributed by atoms with Crippen molar-refractivity contribution in [3.8, 4) is 11.5 Å². The van der Waals surface area contributed by atoms with Crippen molar-refractivity contribution < 1.29 is 14.3 Å². The molecule has 0 unspecified atom stereocenters. The van der Waals surface area contributed by atoms with E-state index in [4.69, 9.17) is 15.2 Å². The minimum Gasteiger partial charge on any atom is -0.486 e. The minimum absolute atomic E-state index is 0.0506. The average Bonchev–Trinajstić information content (AvgIpc) is 3.17. The number of ether oxygens (including phenoxy) is 2. The van der Waals surface area contributed by atoms with Gasteiger partial charge < -0.3 is 20.5 Å². The Hall–Kier alpha value is -2.53. The van der Waals surface area contributed by atoms with Gasteiger partial charge >= 0.3 is 0 Å². The summed E-state index contributed by atoms with van der Waals surface area (Å²) in [5.74, 6) is 1.49. The zero-order chi connectivity index (χ0) is 18.0. The molecule has 1 aliphatic carbocycles. The number of hydrogen-bond acceptors (Lipinski definition) is 4. The first kappa shape index (κ1) is 16.9. The van der Waals surface area contributed by atoms with Crippen LogP contribution in [0, 0.1) is 0 Å². The van der Waals surface area contributed by atoms with Crippen LogP contribution in [0.25, 0.3) is 0 Å². The van der Waals surface area contributed by atoms with Gasteiger partial charge in [-0.1, -0.05) is 31.0 Å². The number of nitrogens with one attached hydrogen (secondary N) is 1. The maximum absolute atomic E-state index is 12.9. The highest BCUT2D eigenvalue weighted by molar-refractivity contribution is 5.94. The van der Waals surface area contributed by atoms with E-state index in [1.165, 1.54) is 0 Å². The highest BCUT2D eigenvalue weighted by atomic mass is 16.6. The number of fused-ring (bicyclic) bond motifs is 1. The maximum atomic E-state index is 12.9. The molecule has 136 valence electrons. The third-order valence-electron chi connectivity index (χ3n) is 5.36. The van der Waals surface area contributed by atoms with Gasteiger partial charge in [0, 0.05) is 12.1 Å². The molecule has 0 atom stereocenters. The van der Waals surface area contributed by atoms with Crippen LogP contribution in [0.15, 0.2) is 42.5 Å². The van der Waals surface area contributed by atoms with Crippen LogP contribution in [-0.4, -0.2) is 19.1 Å². The second-order valence-electron chi connectivity index (χ2n) is 7.00. The smallest absolute Gasteiger partial charge is 0.251 e. The Labute approximate surface area is 153 Å². The summed E-state index contributed by atoms with van der Waals surface area (Å²) in [6.45, 7) is 1.61. The molecule has 3 N–H and O–H groups in total. The Kier molecular flexibility index (Phi) is 4.55. The van der Waals surface area contributed by atoms with Gasteiger partial charge in [0.25, 0.3) is 5.91 Å². The van der Waals surface area contributed by atoms with Crippen LogP contribution >= 0.6 is 0 Å². The molecule has 5 heteroatoms. The lowest BCUT2D eigenvalue weighted by atomic mass is 9.87. The van der Waals surface area contributed by atoms with Crippen LogP contribution in [0.3, 0.4) is 0 Å². The summed E-state index contributed by atoms with van der Waals surface area (Å²) in [5, 5.41) is 3.30. The molecule has 0 radical (unpaired) electrons. The molecule has 0 aromatic heterocycles. The first-order chi connectivity index (χ1) is 12.7. The Morgan fingerprint density at radius 2 is 1.69 bits per heavy atom. The second kappa shape index (κ2) is 7.00. The molecule has 1 amide bonds. The van der Waals surface area contributed by atoms with E-state index < -0.39 is 0 Å². The molecule has 26 heavy (non-hydrogen) atoms. The largest absolute Gasteiger partial charge is 0.486 e. The lowest BCUT2D eigenvalue weighted by molar-refractivity contribution is 0.0897. The Bertz CT molecular complexity index is 795. The lowest BCUT2D eigenvalue weighted by Crippen LogP contribution is -2.43. The van der Waals surface area contributed by atoms with Gasteiger partial charge in [0.15, 0.2) is 11.5 Å². The zero-order valence-corrected chi connectivity index (χ0v) is 14.8. The molecule has 0 spiro atoms. The SMILES string of the molecule is NCc1ccc(C(=O)NC2(c3ccc4c(c3)OCCO4)CCCC2)cc1. The summed E-state index contributed by atoms with van der Waals surface area (Å²) >= 11 is 0. The minimum atomic E-state index is -0.348. The summed E-state index contributed by atoms with van der Waals surface area (Å²) in [5.41, 5.74) is 8.06. The summed E-state index contributed by atoms with van der Waals surface area (Å²) in [4.78, 5) is 12.9. The van der Waals surface area contributed by atoms with Crippen LogP contribution in [0.5, 0.6) is 11.5 Å². The molecule has 1 saturated carbocycles. The number of carbonyl (C=O) groups excluding carboxylic acids is 1. The fourth-order valence-electron chi connectivity index (χ4n) is 3.89. The number of rotatable bonds is 4. The van der Waals surface area contributed by atoms with Crippen molar-refractivity contribution in [1.82, 2.24) is 5.32 Å². The lowest BCUT2D eigenvalue weighted by Gasteiger charge is -2.32. The van der Waals surface area contributed by atoms with Crippen LogP contribution in [-0.2, 0) is 12.1 Å². The summed E-state index contributed by atoms with van der Waals surface area (Å²) < 4.78 is 11.4. The van der Waals surface area contributed by atoms with Crippen molar-refractivity contribution >= 4 is 5.91 Å². The Morgan fingerprint density at radius 3 is 2.38 bits per heavy atom. The van der Waals surface area contributed by atoms with Gasteiger partial charge in [0.1, 0.15) is 13.2 Å². The predicted octanol–water partition coefficient (Wildman–Crippen LogP) is 3.12. The van der Waals surface area contributed by atoms with Crippen molar-refractivity contribution in [3.63, 3.8) is 0 Å². The topological polar surface area (TPSA) is 73.6 Å². The number of benzene rings is 2. The maximum Gasteiger partial charge on any atom is 0.251 e. The van der Waals surface area contributed by atoms with Gasteiger partial charge in [0.05, 0.1) is 5.54 Å². The van der Waals surface area contributed by atoms with Gasteiger partial charge in [-0.3, -0.25) is 4.79 Å². The highest BCUT2D eigenvalue weighted by Gasteiger charge is 2.38. The standard InChI is InChI=1S/C21H24N2O3/c22-14-15-3-5-16(6-4-15)20(24)23-21(9-1-2-10-21)17-7-8-18-19(13-17)26-12-11-25-18/h3-8,13H,1-2,9-12,14,22H2,(H,23,24). The Morgan fingerprint density at radius 1 is 1.00 bits per heavy atom. The quantitative estimate of drug-likeness (QED) is 0.887. The van der Waals surface area contributed by atoms with Crippen molar-refractivity contribution in [2.45, 2.75) is 37.8 Å².